The number of rotatable bonds is 3. The molecule has 0 radical (unpaired) electrons. The summed E-state index contributed by atoms with van der Waals surface area (Å²) in [6.07, 6.45) is 0.752. The minimum absolute atomic E-state index is 0.142. The van der Waals surface area contributed by atoms with Gasteiger partial charge in [0.15, 0.2) is 0 Å². The van der Waals surface area contributed by atoms with E-state index in [0.717, 1.165) is 17.4 Å². The monoisotopic (exact) mass is 279 g/mol. The number of aryl methyl sites for hydroxylation is 1. The van der Waals surface area contributed by atoms with Crippen molar-refractivity contribution >= 4 is 10.8 Å². The average molecular weight is 279 g/mol. The van der Waals surface area contributed by atoms with Crippen molar-refractivity contribution in [1.82, 2.24) is 0 Å². The van der Waals surface area contributed by atoms with Crippen LogP contribution >= 0.6 is 0 Å². The van der Waals surface area contributed by atoms with Gasteiger partial charge >= 0.3 is 0 Å². The van der Waals surface area contributed by atoms with E-state index >= 15 is 0 Å². The summed E-state index contributed by atoms with van der Waals surface area (Å²) in [5, 5.41) is 1.54. The van der Waals surface area contributed by atoms with Gasteiger partial charge in [-0.2, -0.15) is 0 Å². The van der Waals surface area contributed by atoms with Crippen LogP contribution in [0.2, 0.25) is 0 Å². The van der Waals surface area contributed by atoms with Gasteiger partial charge in [0.25, 0.3) is 0 Å². The fraction of sp³-hybridized carbons (Fsp3) is 0.158. The van der Waals surface area contributed by atoms with Crippen molar-refractivity contribution < 1.29 is 4.39 Å². The maximum atomic E-state index is 13.9. The van der Waals surface area contributed by atoms with Crippen molar-refractivity contribution in [1.29, 1.82) is 0 Å². The van der Waals surface area contributed by atoms with Crippen LogP contribution in [0.5, 0.6) is 0 Å². The predicted molar refractivity (Wildman–Crippen MR) is 85.7 cm³/mol. The summed E-state index contributed by atoms with van der Waals surface area (Å²) in [7, 11) is 0. The Morgan fingerprint density at radius 3 is 2.33 bits per heavy atom. The van der Waals surface area contributed by atoms with Crippen LogP contribution < -0.4 is 5.73 Å². The van der Waals surface area contributed by atoms with E-state index in [4.69, 9.17) is 5.73 Å². The molecule has 0 saturated carbocycles. The standard InChI is InChI=1S/C19H18FN/c1-13-6-2-3-7-14(13)12-19(21)17-10-11-18(20)16-9-5-4-8-15(16)17/h2-11,19H,12,21H2,1H3. The molecule has 3 rings (SSSR count). The molecule has 0 heterocycles. The van der Waals surface area contributed by atoms with E-state index in [1.165, 1.54) is 17.2 Å². The van der Waals surface area contributed by atoms with Gasteiger partial charge in [-0.1, -0.05) is 54.6 Å². The van der Waals surface area contributed by atoms with Crippen LogP contribution in [0.15, 0.2) is 60.7 Å². The van der Waals surface area contributed by atoms with E-state index < -0.39 is 0 Å². The first-order valence-corrected chi connectivity index (χ1v) is 7.14. The summed E-state index contributed by atoms with van der Waals surface area (Å²) in [5.41, 5.74) is 9.86. The number of halogens is 1. The molecule has 3 aromatic rings. The number of hydrogen-bond acceptors (Lipinski definition) is 1. The van der Waals surface area contributed by atoms with Crippen molar-refractivity contribution in [2.75, 3.05) is 0 Å². The van der Waals surface area contributed by atoms with Crippen molar-refractivity contribution in [3.8, 4) is 0 Å². The van der Waals surface area contributed by atoms with Crippen molar-refractivity contribution in [3.63, 3.8) is 0 Å². The summed E-state index contributed by atoms with van der Waals surface area (Å²) in [5.74, 6) is -0.197. The molecule has 0 fully saturated rings. The maximum Gasteiger partial charge on any atom is 0.131 e. The molecule has 0 bridgehead atoms. The summed E-state index contributed by atoms with van der Waals surface area (Å²) in [6, 6.07) is 18.9. The molecular formula is C19H18FN. The molecule has 21 heavy (non-hydrogen) atoms. The zero-order valence-corrected chi connectivity index (χ0v) is 12.0. The highest BCUT2D eigenvalue weighted by atomic mass is 19.1. The van der Waals surface area contributed by atoms with E-state index in [-0.39, 0.29) is 11.9 Å². The third kappa shape index (κ3) is 2.67. The zero-order chi connectivity index (χ0) is 14.8. The molecule has 3 aromatic carbocycles. The highest BCUT2D eigenvalue weighted by Crippen LogP contribution is 2.27. The van der Waals surface area contributed by atoms with Gasteiger partial charge in [0.2, 0.25) is 0 Å². The quantitative estimate of drug-likeness (QED) is 0.749. The lowest BCUT2D eigenvalue weighted by Crippen LogP contribution is -2.14. The Hall–Kier alpha value is -2.19. The molecule has 0 aromatic heterocycles. The number of nitrogens with two attached hydrogens (primary N) is 1. The SMILES string of the molecule is Cc1ccccc1CC(N)c1ccc(F)c2ccccc12. The van der Waals surface area contributed by atoms with Crippen molar-refractivity contribution in [2.45, 2.75) is 19.4 Å². The summed E-state index contributed by atoms with van der Waals surface area (Å²) < 4.78 is 13.9. The molecule has 106 valence electrons. The molecule has 0 aliphatic carbocycles. The maximum absolute atomic E-state index is 13.9. The second-order valence-electron chi connectivity index (χ2n) is 5.42. The highest BCUT2D eigenvalue weighted by Gasteiger charge is 2.13. The first kappa shape index (κ1) is 13.8. The van der Waals surface area contributed by atoms with Crippen molar-refractivity contribution in [3.05, 3.63) is 83.2 Å². The molecule has 1 atom stereocenters. The van der Waals surface area contributed by atoms with Crippen LogP contribution in [0.25, 0.3) is 10.8 Å². The lowest BCUT2D eigenvalue weighted by atomic mass is 9.93. The van der Waals surface area contributed by atoms with E-state index in [9.17, 15) is 4.39 Å². The molecule has 2 heteroatoms. The zero-order valence-electron chi connectivity index (χ0n) is 12.0. The normalized spacial score (nSPS) is 12.5. The first-order chi connectivity index (χ1) is 10.2. The predicted octanol–water partition coefficient (Wildman–Crippen LogP) is 4.53. The van der Waals surface area contributed by atoms with Crippen LogP contribution in [-0.4, -0.2) is 0 Å². The Morgan fingerprint density at radius 1 is 0.905 bits per heavy atom. The fourth-order valence-electron chi connectivity index (χ4n) is 2.79. The van der Waals surface area contributed by atoms with Crippen LogP contribution in [0.1, 0.15) is 22.7 Å². The third-order valence-electron chi connectivity index (χ3n) is 4.01. The Kier molecular flexibility index (Phi) is 3.72. The number of hydrogen-bond donors (Lipinski definition) is 1. The number of fused-ring (bicyclic) bond motifs is 1. The Morgan fingerprint density at radius 2 is 1.57 bits per heavy atom. The minimum Gasteiger partial charge on any atom is -0.324 e. The molecule has 0 aliphatic rings. The largest absolute Gasteiger partial charge is 0.324 e. The summed E-state index contributed by atoms with van der Waals surface area (Å²) in [4.78, 5) is 0. The Labute approximate surface area is 124 Å². The Bertz CT molecular complexity index is 779. The van der Waals surface area contributed by atoms with Gasteiger partial charge < -0.3 is 5.73 Å². The molecule has 2 N–H and O–H groups in total. The second-order valence-corrected chi connectivity index (χ2v) is 5.42. The third-order valence-corrected chi connectivity index (χ3v) is 4.01. The van der Waals surface area contributed by atoms with E-state index in [1.807, 2.05) is 30.3 Å². The van der Waals surface area contributed by atoms with Crippen LogP contribution in [0.4, 0.5) is 4.39 Å². The van der Waals surface area contributed by atoms with Crippen molar-refractivity contribution in [2.24, 2.45) is 5.73 Å². The summed E-state index contributed by atoms with van der Waals surface area (Å²) >= 11 is 0. The van der Waals surface area contributed by atoms with E-state index in [2.05, 4.69) is 19.1 Å². The number of benzene rings is 3. The topological polar surface area (TPSA) is 26.0 Å². The van der Waals surface area contributed by atoms with Gasteiger partial charge in [0.05, 0.1) is 0 Å². The molecule has 1 unspecified atom stereocenters. The summed E-state index contributed by atoms with van der Waals surface area (Å²) in [6.45, 7) is 2.09. The lowest BCUT2D eigenvalue weighted by Gasteiger charge is -2.16. The molecular weight excluding hydrogens is 261 g/mol. The van der Waals surface area contributed by atoms with E-state index in [0.29, 0.717) is 5.39 Å². The van der Waals surface area contributed by atoms with Gasteiger partial charge in [0, 0.05) is 11.4 Å². The van der Waals surface area contributed by atoms with Gasteiger partial charge in [-0.15, -0.1) is 0 Å². The fourth-order valence-corrected chi connectivity index (χ4v) is 2.79. The first-order valence-electron chi connectivity index (χ1n) is 7.14. The van der Waals surface area contributed by atoms with Gasteiger partial charge in [-0.3, -0.25) is 0 Å². The molecule has 1 nitrogen and oxygen atoms in total. The second kappa shape index (κ2) is 5.66. The molecule has 0 saturated heterocycles. The molecule has 0 amide bonds. The van der Waals surface area contributed by atoms with Gasteiger partial charge in [-0.25, -0.2) is 4.39 Å². The van der Waals surface area contributed by atoms with Crippen LogP contribution in [0, 0.1) is 12.7 Å². The molecule has 0 aliphatic heterocycles. The smallest absolute Gasteiger partial charge is 0.131 e. The Balaban J connectivity index is 2.01. The van der Waals surface area contributed by atoms with Crippen LogP contribution in [0.3, 0.4) is 0 Å². The van der Waals surface area contributed by atoms with Gasteiger partial charge in [0.1, 0.15) is 5.82 Å². The lowest BCUT2D eigenvalue weighted by molar-refractivity contribution is 0.637. The van der Waals surface area contributed by atoms with Gasteiger partial charge in [-0.05, 0) is 41.5 Å². The minimum atomic E-state index is -0.197. The highest BCUT2D eigenvalue weighted by molar-refractivity contribution is 5.86. The molecule has 0 spiro atoms. The van der Waals surface area contributed by atoms with E-state index in [1.54, 1.807) is 12.1 Å². The van der Waals surface area contributed by atoms with Crippen LogP contribution in [-0.2, 0) is 6.42 Å². The average Bonchev–Trinajstić information content (AvgIpc) is 2.50.